The van der Waals surface area contributed by atoms with Gasteiger partial charge < -0.3 is 10.2 Å². The number of anilines is 1. The van der Waals surface area contributed by atoms with Gasteiger partial charge in [0.1, 0.15) is 5.82 Å². The molecule has 17 heavy (non-hydrogen) atoms. The van der Waals surface area contributed by atoms with Crippen LogP contribution in [-0.2, 0) is 4.79 Å². The molecular formula is C13H17FN2O. The Balaban J connectivity index is 1.92. The molecule has 0 radical (unpaired) electrons. The van der Waals surface area contributed by atoms with E-state index in [2.05, 4.69) is 5.32 Å². The summed E-state index contributed by atoms with van der Waals surface area (Å²) in [5.74, 6) is -0.239. The van der Waals surface area contributed by atoms with Gasteiger partial charge >= 0.3 is 0 Å². The molecule has 1 saturated carbocycles. The number of rotatable bonds is 4. The van der Waals surface area contributed by atoms with Crippen LogP contribution in [0.3, 0.4) is 0 Å². The van der Waals surface area contributed by atoms with Crippen LogP contribution in [0.4, 0.5) is 10.1 Å². The number of hydrogen-bond acceptors (Lipinski definition) is 2. The van der Waals surface area contributed by atoms with E-state index in [1.54, 1.807) is 11.0 Å². The molecule has 4 heteroatoms. The van der Waals surface area contributed by atoms with Crippen molar-refractivity contribution < 1.29 is 9.18 Å². The highest BCUT2D eigenvalue weighted by Gasteiger charge is 2.29. The van der Waals surface area contributed by atoms with Gasteiger partial charge in [-0.1, -0.05) is 6.07 Å². The van der Waals surface area contributed by atoms with Gasteiger partial charge in [0.25, 0.3) is 0 Å². The Hall–Kier alpha value is -1.58. The lowest BCUT2D eigenvalue weighted by Crippen LogP contribution is -2.33. The van der Waals surface area contributed by atoms with Crippen LogP contribution < -0.4 is 5.32 Å². The summed E-state index contributed by atoms with van der Waals surface area (Å²) in [6, 6.07) is 4.95. The molecule has 1 amide bonds. The number of amides is 1. The van der Waals surface area contributed by atoms with Gasteiger partial charge in [0.2, 0.25) is 5.91 Å². The van der Waals surface area contributed by atoms with Crippen molar-refractivity contribution in [2.24, 2.45) is 0 Å². The fourth-order valence-corrected chi connectivity index (χ4v) is 1.75. The van der Waals surface area contributed by atoms with Gasteiger partial charge in [-0.15, -0.1) is 0 Å². The number of likely N-dealkylation sites (N-methyl/N-ethyl adjacent to an activating group) is 1. The highest BCUT2D eigenvalue weighted by molar-refractivity contribution is 5.81. The van der Waals surface area contributed by atoms with Gasteiger partial charge in [0, 0.05) is 18.8 Å². The summed E-state index contributed by atoms with van der Waals surface area (Å²) in [6.07, 6.45) is 2.20. The zero-order valence-corrected chi connectivity index (χ0v) is 10.2. The minimum Gasteiger partial charge on any atom is -0.376 e. The Morgan fingerprint density at radius 1 is 1.53 bits per heavy atom. The third-order valence-electron chi connectivity index (χ3n) is 3.12. The van der Waals surface area contributed by atoms with Crippen LogP contribution in [0, 0.1) is 12.7 Å². The van der Waals surface area contributed by atoms with Gasteiger partial charge in [0.05, 0.1) is 6.54 Å². The second kappa shape index (κ2) is 4.73. The van der Waals surface area contributed by atoms with Crippen molar-refractivity contribution in [3.05, 3.63) is 29.6 Å². The second-order valence-corrected chi connectivity index (χ2v) is 4.55. The monoisotopic (exact) mass is 236 g/mol. The van der Waals surface area contributed by atoms with Crippen molar-refractivity contribution in [2.45, 2.75) is 25.8 Å². The molecule has 0 saturated heterocycles. The fraction of sp³-hybridized carbons (Fsp3) is 0.462. The van der Waals surface area contributed by atoms with E-state index in [4.69, 9.17) is 0 Å². The number of carbonyl (C=O) groups is 1. The van der Waals surface area contributed by atoms with E-state index in [0.29, 0.717) is 11.7 Å². The van der Waals surface area contributed by atoms with Crippen LogP contribution >= 0.6 is 0 Å². The Bertz CT molecular complexity index is 429. The molecule has 0 bridgehead atoms. The van der Waals surface area contributed by atoms with Gasteiger partial charge in [-0.25, -0.2) is 4.39 Å². The van der Waals surface area contributed by atoms with Crippen LogP contribution in [-0.4, -0.2) is 30.4 Å². The number of carbonyl (C=O) groups excluding carboxylic acids is 1. The van der Waals surface area contributed by atoms with Crippen LogP contribution in [0.5, 0.6) is 0 Å². The molecule has 0 aliphatic heterocycles. The highest BCUT2D eigenvalue weighted by Crippen LogP contribution is 2.25. The summed E-state index contributed by atoms with van der Waals surface area (Å²) in [7, 11) is 1.82. The van der Waals surface area contributed by atoms with Crippen molar-refractivity contribution >= 4 is 11.6 Å². The van der Waals surface area contributed by atoms with Crippen LogP contribution in [0.2, 0.25) is 0 Å². The Morgan fingerprint density at radius 3 is 2.88 bits per heavy atom. The molecule has 0 atom stereocenters. The van der Waals surface area contributed by atoms with E-state index in [-0.39, 0.29) is 18.3 Å². The van der Waals surface area contributed by atoms with E-state index in [1.807, 2.05) is 14.0 Å². The van der Waals surface area contributed by atoms with E-state index >= 15 is 0 Å². The number of aryl methyl sites for hydroxylation is 1. The topological polar surface area (TPSA) is 32.3 Å². The molecule has 1 aromatic carbocycles. The van der Waals surface area contributed by atoms with E-state index in [0.717, 1.165) is 18.4 Å². The first-order valence-corrected chi connectivity index (χ1v) is 5.83. The lowest BCUT2D eigenvalue weighted by atomic mass is 10.2. The number of nitrogens with one attached hydrogen (secondary N) is 1. The molecular weight excluding hydrogens is 219 g/mol. The van der Waals surface area contributed by atoms with Crippen LogP contribution in [0.1, 0.15) is 18.4 Å². The first-order chi connectivity index (χ1) is 8.08. The molecule has 0 heterocycles. The van der Waals surface area contributed by atoms with E-state index in [9.17, 15) is 9.18 Å². The SMILES string of the molecule is Cc1ccc(F)cc1NCC(=O)N(C)C1CC1. The maximum atomic E-state index is 13.0. The minimum atomic E-state index is -0.291. The van der Waals surface area contributed by atoms with Crippen molar-refractivity contribution in [1.82, 2.24) is 4.90 Å². The first-order valence-electron chi connectivity index (χ1n) is 5.83. The average molecular weight is 236 g/mol. The summed E-state index contributed by atoms with van der Waals surface area (Å²) >= 11 is 0. The number of halogens is 1. The lowest BCUT2D eigenvalue weighted by Gasteiger charge is -2.17. The first kappa shape index (κ1) is 11.9. The second-order valence-electron chi connectivity index (χ2n) is 4.55. The molecule has 1 fully saturated rings. The van der Waals surface area contributed by atoms with Crippen LogP contribution in [0.25, 0.3) is 0 Å². The van der Waals surface area contributed by atoms with E-state index in [1.165, 1.54) is 12.1 Å². The maximum Gasteiger partial charge on any atom is 0.241 e. The molecule has 1 N–H and O–H groups in total. The molecule has 0 unspecified atom stereocenters. The number of hydrogen-bond donors (Lipinski definition) is 1. The van der Waals surface area contributed by atoms with E-state index < -0.39 is 0 Å². The minimum absolute atomic E-state index is 0.0520. The summed E-state index contributed by atoms with van der Waals surface area (Å²) in [5, 5.41) is 2.99. The van der Waals surface area contributed by atoms with Gasteiger partial charge in [-0.2, -0.15) is 0 Å². The van der Waals surface area contributed by atoms with Crippen molar-refractivity contribution in [3.8, 4) is 0 Å². The van der Waals surface area contributed by atoms with Gasteiger partial charge in [0.15, 0.2) is 0 Å². The lowest BCUT2D eigenvalue weighted by molar-refractivity contribution is -0.128. The summed E-state index contributed by atoms with van der Waals surface area (Å²) in [5.41, 5.74) is 1.62. The summed E-state index contributed by atoms with van der Waals surface area (Å²) in [4.78, 5) is 13.5. The molecule has 1 aliphatic rings. The quantitative estimate of drug-likeness (QED) is 0.869. The molecule has 0 aromatic heterocycles. The van der Waals surface area contributed by atoms with Crippen molar-refractivity contribution in [2.75, 3.05) is 18.9 Å². The smallest absolute Gasteiger partial charge is 0.241 e. The molecule has 1 aliphatic carbocycles. The van der Waals surface area contributed by atoms with Crippen molar-refractivity contribution in [1.29, 1.82) is 0 Å². The molecule has 1 aromatic rings. The maximum absolute atomic E-state index is 13.0. The zero-order valence-electron chi connectivity index (χ0n) is 10.2. The molecule has 3 nitrogen and oxygen atoms in total. The standard InChI is InChI=1S/C13H17FN2O/c1-9-3-4-10(14)7-12(9)15-8-13(17)16(2)11-5-6-11/h3-4,7,11,15H,5-6,8H2,1-2H3. The van der Waals surface area contributed by atoms with Gasteiger partial charge in [-0.3, -0.25) is 4.79 Å². The van der Waals surface area contributed by atoms with Crippen molar-refractivity contribution in [3.63, 3.8) is 0 Å². The number of nitrogens with zero attached hydrogens (tertiary/aromatic N) is 1. The molecule has 2 rings (SSSR count). The predicted octanol–water partition coefficient (Wildman–Crippen LogP) is 2.17. The third kappa shape index (κ3) is 2.96. The van der Waals surface area contributed by atoms with Gasteiger partial charge in [-0.05, 0) is 37.5 Å². The summed E-state index contributed by atoms with van der Waals surface area (Å²) < 4.78 is 13.0. The Labute approximate surface area is 101 Å². The summed E-state index contributed by atoms with van der Waals surface area (Å²) in [6.45, 7) is 2.11. The third-order valence-corrected chi connectivity index (χ3v) is 3.12. The normalized spacial score (nSPS) is 14.5. The number of benzene rings is 1. The highest BCUT2D eigenvalue weighted by atomic mass is 19.1. The fourth-order valence-electron chi connectivity index (χ4n) is 1.75. The largest absolute Gasteiger partial charge is 0.376 e. The Kier molecular flexibility index (Phi) is 3.31. The molecule has 92 valence electrons. The average Bonchev–Trinajstić information content (AvgIpc) is 3.13. The Morgan fingerprint density at radius 2 is 2.24 bits per heavy atom. The zero-order chi connectivity index (χ0) is 12.4. The molecule has 0 spiro atoms. The predicted molar refractivity (Wildman–Crippen MR) is 65.4 cm³/mol. The van der Waals surface area contributed by atoms with Crippen LogP contribution in [0.15, 0.2) is 18.2 Å².